The molecule has 0 bridgehead atoms. The first-order valence-corrected chi connectivity index (χ1v) is 9.05. The molecule has 1 fully saturated rings. The maximum Gasteiger partial charge on any atom is 0.235 e. The van der Waals surface area contributed by atoms with Gasteiger partial charge in [-0.05, 0) is 31.9 Å². The third-order valence-corrected chi connectivity index (χ3v) is 6.39. The molecular formula is C13H18ClNO2S2. The summed E-state index contributed by atoms with van der Waals surface area (Å²) in [4.78, 5) is 13.0. The van der Waals surface area contributed by atoms with Crippen molar-refractivity contribution >= 4 is 39.6 Å². The van der Waals surface area contributed by atoms with Crippen LogP contribution < -0.4 is 5.32 Å². The maximum atomic E-state index is 12.2. The number of carbonyl (C=O) groups is 1. The van der Waals surface area contributed by atoms with E-state index in [1.165, 1.54) is 24.2 Å². The molecule has 0 aliphatic heterocycles. The van der Waals surface area contributed by atoms with Gasteiger partial charge in [-0.15, -0.1) is 11.3 Å². The molecule has 19 heavy (non-hydrogen) atoms. The van der Waals surface area contributed by atoms with E-state index in [0.29, 0.717) is 10.1 Å². The Labute approximate surface area is 125 Å². The van der Waals surface area contributed by atoms with Gasteiger partial charge in [0.25, 0.3) is 0 Å². The Balaban J connectivity index is 1.85. The summed E-state index contributed by atoms with van der Waals surface area (Å²) in [6.07, 6.45) is 4.45. The normalized spacial score (nSPS) is 19.3. The van der Waals surface area contributed by atoms with Gasteiger partial charge in [-0.25, -0.2) is 0 Å². The first-order chi connectivity index (χ1) is 9.06. The summed E-state index contributed by atoms with van der Waals surface area (Å²) in [5, 5.41) is 2.53. The van der Waals surface area contributed by atoms with Gasteiger partial charge in [0.15, 0.2) is 0 Å². The van der Waals surface area contributed by atoms with Crippen LogP contribution in [0.3, 0.4) is 0 Å². The van der Waals surface area contributed by atoms with Crippen LogP contribution in [0.5, 0.6) is 0 Å². The highest BCUT2D eigenvalue weighted by Crippen LogP contribution is 2.23. The van der Waals surface area contributed by atoms with E-state index in [1.54, 1.807) is 13.0 Å². The van der Waals surface area contributed by atoms with E-state index in [1.807, 2.05) is 6.07 Å². The van der Waals surface area contributed by atoms with Crippen molar-refractivity contribution < 1.29 is 9.00 Å². The van der Waals surface area contributed by atoms with E-state index < -0.39 is 16.0 Å². The predicted octanol–water partition coefficient (Wildman–Crippen LogP) is 3.10. The lowest BCUT2D eigenvalue weighted by Gasteiger charge is -2.16. The molecule has 1 aliphatic carbocycles. The molecule has 1 N–H and O–H groups in total. The zero-order valence-electron chi connectivity index (χ0n) is 10.9. The number of amides is 1. The van der Waals surface area contributed by atoms with Crippen LogP contribution in [0, 0.1) is 0 Å². The number of hydrogen-bond acceptors (Lipinski definition) is 3. The van der Waals surface area contributed by atoms with Gasteiger partial charge in [0.2, 0.25) is 5.91 Å². The van der Waals surface area contributed by atoms with E-state index >= 15 is 0 Å². The zero-order chi connectivity index (χ0) is 13.8. The highest BCUT2D eigenvalue weighted by molar-refractivity contribution is 7.85. The lowest BCUT2D eigenvalue weighted by Crippen LogP contribution is -2.40. The Hall–Kier alpha value is -0.390. The lowest BCUT2D eigenvalue weighted by molar-refractivity contribution is -0.121. The molecule has 6 heteroatoms. The summed E-state index contributed by atoms with van der Waals surface area (Å²) < 4.78 is 12.8. The molecule has 0 unspecified atom stereocenters. The number of thiophene rings is 1. The van der Waals surface area contributed by atoms with Crippen molar-refractivity contribution in [1.29, 1.82) is 0 Å². The van der Waals surface area contributed by atoms with Gasteiger partial charge in [-0.1, -0.05) is 24.4 Å². The second kappa shape index (κ2) is 6.86. The maximum absolute atomic E-state index is 12.2. The summed E-state index contributed by atoms with van der Waals surface area (Å²) in [5.41, 5.74) is 0. The third kappa shape index (κ3) is 4.29. The van der Waals surface area contributed by atoms with Crippen molar-refractivity contribution in [3.63, 3.8) is 0 Å². The van der Waals surface area contributed by atoms with Crippen molar-refractivity contribution in [2.75, 3.05) is 0 Å². The SMILES string of the molecule is C[C@H](C(=O)NC1CCCC1)[S@](=O)Cc1ccc(Cl)s1. The molecule has 0 saturated heterocycles. The monoisotopic (exact) mass is 319 g/mol. The topological polar surface area (TPSA) is 46.2 Å². The van der Waals surface area contributed by atoms with Crippen molar-refractivity contribution in [1.82, 2.24) is 5.32 Å². The molecule has 1 aromatic heterocycles. The fourth-order valence-electron chi connectivity index (χ4n) is 2.20. The Morgan fingerprint density at radius 3 is 2.79 bits per heavy atom. The fraction of sp³-hybridized carbons (Fsp3) is 0.615. The second-order valence-corrected chi connectivity index (χ2v) is 8.42. The first-order valence-electron chi connectivity index (χ1n) is 6.48. The van der Waals surface area contributed by atoms with E-state index in [9.17, 15) is 9.00 Å². The summed E-state index contributed by atoms with van der Waals surface area (Å²) in [7, 11) is -1.19. The fourth-order valence-corrected chi connectivity index (χ4v) is 4.60. The van der Waals surface area contributed by atoms with Crippen molar-refractivity contribution in [2.45, 2.75) is 49.7 Å². The molecule has 1 aromatic rings. The summed E-state index contributed by atoms with van der Waals surface area (Å²) in [6.45, 7) is 1.73. The molecule has 0 aromatic carbocycles. The number of rotatable bonds is 5. The molecule has 2 atom stereocenters. The zero-order valence-corrected chi connectivity index (χ0v) is 13.2. The smallest absolute Gasteiger partial charge is 0.235 e. The summed E-state index contributed by atoms with van der Waals surface area (Å²) in [6, 6.07) is 3.94. The van der Waals surface area contributed by atoms with Gasteiger partial charge in [-0.3, -0.25) is 9.00 Å². The molecule has 1 aliphatic rings. The van der Waals surface area contributed by atoms with Crippen LogP contribution >= 0.6 is 22.9 Å². The van der Waals surface area contributed by atoms with E-state index in [0.717, 1.165) is 17.7 Å². The van der Waals surface area contributed by atoms with E-state index in [2.05, 4.69) is 5.32 Å². The Kier molecular flexibility index (Phi) is 5.42. The third-order valence-electron chi connectivity index (χ3n) is 3.38. The Morgan fingerprint density at radius 1 is 1.53 bits per heavy atom. The number of nitrogens with one attached hydrogen (secondary N) is 1. The quantitative estimate of drug-likeness (QED) is 0.906. The van der Waals surface area contributed by atoms with Gasteiger partial charge in [0.1, 0.15) is 5.25 Å². The van der Waals surface area contributed by atoms with Gasteiger partial charge in [0, 0.05) is 21.7 Å². The largest absolute Gasteiger partial charge is 0.352 e. The van der Waals surface area contributed by atoms with Crippen molar-refractivity contribution in [3.05, 3.63) is 21.3 Å². The van der Waals surface area contributed by atoms with E-state index in [-0.39, 0.29) is 11.9 Å². The van der Waals surface area contributed by atoms with Gasteiger partial charge < -0.3 is 5.32 Å². The molecular weight excluding hydrogens is 302 g/mol. The molecule has 2 rings (SSSR count). The Morgan fingerprint density at radius 2 is 2.21 bits per heavy atom. The van der Waals surface area contributed by atoms with Gasteiger partial charge >= 0.3 is 0 Å². The van der Waals surface area contributed by atoms with Crippen LogP contribution in [0.4, 0.5) is 0 Å². The second-order valence-electron chi connectivity index (χ2n) is 4.86. The summed E-state index contributed by atoms with van der Waals surface area (Å²) >= 11 is 7.26. The summed E-state index contributed by atoms with van der Waals surface area (Å²) in [5.74, 6) is 0.310. The van der Waals surface area contributed by atoms with Crippen molar-refractivity contribution in [3.8, 4) is 0 Å². The number of carbonyl (C=O) groups excluding carboxylic acids is 1. The standard InChI is InChI=1S/C13H18ClNO2S2/c1-9(13(16)15-10-4-2-3-5-10)19(17)8-11-6-7-12(14)18-11/h6-7,9-10H,2-5,8H2,1H3,(H,15,16)/t9-,19-/m1/s1. The lowest BCUT2D eigenvalue weighted by atomic mass is 10.2. The molecule has 1 heterocycles. The van der Waals surface area contributed by atoms with Crippen LogP contribution in [0.2, 0.25) is 4.34 Å². The molecule has 1 amide bonds. The first kappa shape index (κ1) is 15.0. The predicted molar refractivity (Wildman–Crippen MR) is 81.0 cm³/mol. The van der Waals surface area contributed by atoms with Crippen LogP contribution in [-0.4, -0.2) is 21.4 Å². The highest BCUT2D eigenvalue weighted by atomic mass is 35.5. The molecule has 0 radical (unpaired) electrons. The van der Waals surface area contributed by atoms with Gasteiger partial charge in [0.05, 0.1) is 10.1 Å². The van der Waals surface area contributed by atoms with Crippen LogP contribution in [-0.2, 0) is 21.3 Å². The van der Waals surface area contributed by atoms with Gasteiger partial charge in [-0.2, -0.15) is 0 Å². The van der Waals surface area contributed by atoms with Crippen LogP contribution in [0.1, 0.15) is 37.5 Å². The van der Waals surface area contributed by atoms with Crippen LogP contribution in [0.15, 0.2) is 12.1 Å². The minimum atomic E-state index is -1.19. The minimum absolute atomic E-state index is 0.0899. The average molecular weight is 320 g/mol. The van der Waals surface area contributed by atoms with Crippen LogP contribution in [0.25, 0.3) is 0 Å². The Bertz CT molecular complexity index is 469. The molecule has 0 spiro atoms. The molecule has 106 valence electrons. The molecule has 3 nitrogen and oxygen atoms in total. The number of halogens is 1. The minimum Gasteiger partial charge on any atom is -0.352 e. The van der Waals surface area contributed by atoms with E-state index in [4.69, 9.17) is 11.6 Å². The highest BCUT2D eigenvalue weighted by Gasteiger charge is 2.24. The average Bonchev–Trinajstić information content (AvgIpc) is 3.00. The van der Waals surface area contributed by atoms with Crippen molar-refractivity contribution in [2.24, 2.45) is 0 Å². The number of hydrogen-bond donors (Lipinski definition) is 1. The molecule has 1 saturated carbocycles.